The molecule has 1 aromatic heterocycles. The minimum atomic E-state index is -0.486. The first-order valence-electron chi connectivity index (χ1n) is 9.19. The molecule has 1 aliphatic rings. The summed E-state index contributed by atoms with van der Waals surface area (Å²) in [6.07, 6.45) is 2.80. The normalized spacial score (nSPS) is 14.2. The summed E-state index contributed by atoms with van der Waals surface area (Å²) in [5.41, 5.74) is 7.99. The van der Waals surface area contributed by atoms with Gasteiger partial charge in [-0.2, -0.15) is 0 Å². The maximum Gasteiger partial charge on any atom is 0.280 e. The summed E-state index contributed by atoms with van der Waals surface area (Å²) in [6.45, 7) is 4.34. The molecule has 1 heterocycles. The molecule has 3 rings (SSSR count). The minimum absolute atomic E-state index is 0.0419. The molecule has 0 bridgehead atoms. The molecule has 0 saturated heterocycles. The van der Waals surface area contributed by atoms with Crippen LogP contribution in [-0.4, -0.2) is 18.4 Å². The van der Waals surface area contributed by atoms with E-state index in [4.69, 9.17) is 5.73 Å². The van der Waals surface area contributed by atoms with Gasteiger partial charge in [-0.05, 0) is 37.0 Å². The summed E-state index contributed by atoms with van der Waals surface area (Å²) in [5, 5.41) is 5.37. The molecule has 0 unspecified atom stereocenters. The molecule has 144 valence electrons. The van der Waals surface area contributed by atoms with Gasteiger partial charge in [0.15, 0.2) is 6.54 Å². The first kappa shape index (κ1) is 19.5. The topological polar surface area (TPSA) is 88.8 Å². The predicted octanol–water partition coefficient (Wildman–Crippen LogP) is 2.37. The van der Waals surface area contributed by atoms with Crippen LogP contribution in [0.3, 0.4) is 0 Å². The van der Waals surface area contributed by atoms with Gasteiger partial charge in [0.05, 0.1) is 5.56 Å². The number of nitrogens with one attached hydrogen (secondary N) is 1. The molecular weight excluding hydrogens is 365 g/mol. The SMILES string of the molecule is CC(C)[C@@H]([NH2+]CC(=O)Nc1sc2c(c1C(N)=O)CCC2)c1ccc(F)cc1. The van der Waals surface area contributed by atoms with Crippen LogP contribution in [0.4, 0.5) is 9.39 Å². The van der Waals surface area contributed by atoms with Crippen molar-refractivity contribution in [3.8, 4) is 0 Å². The van der Waals surface area contributed by atoms with E-state index in [9.17, 15) is 14.0 Å². The average molecular weight is 391 g/mol. The van der Waals surface area contributed by atoms with Gasteiger partial charge < -0.3 is 16.4 Å². The number of rotatable bonds is 7. The summed E-state index contributed by atoms with van der Waals surface area (Å²) in [7, 11) is 0. The van der Waals surface area contributed by atoms with E-state index in [0.29, 0.717) is 10.6 Å². The number of amides is 2. The number of quaternary nitrogens is 1. The van der Waals surface area contributed by atoms with E-state index < -0.39 is 5.91 Å². The van der Waals surface area contributed by atoms with Crippen LogP contribution in [-0.2, 0) is 17.6 Å². The molecule has 0 fully saturated rings. The first-order valence-corrected chi connectivity index (χ1v) is 10.0. The molecule has 1 atom stereocenters. The summed E-state index contributed by atoms with van der Waals surface area (Å²) < 4.78 is 13.2. The Morgan fingerprint density at radius 2 is 1.96 bits per heavy atom. The van der Waals surface area contributed by atoms with Gasteiger partial charge in [-0.15, -0.1) is 11.3 Å². The van der Waals surface area contributed by atoms with Gasteiger partial charge in [-0.1, -0.05) is 26.0 Å². The molecule has 1 aromatic carbocycles. The molecule has 1 aliphatic carbocycles. The minimum Gasteiger partial charge on any atom is -0.365 e. The molecule has 0 spiro atoms. The number of primary amides is 1. The number of hydrogen-bond donors (Lipinski definition) is 3. The van der Waals surface area contributed by atoms with Crippen LogP contribution < -0.4 is 16.4 Å². The molecule has 2 aromatic rings. The second-order valence-electron chi connectivity index (χ2n) is 7.24. The van der Waals surface area contributed by atoms with Gasteiger partial charge in [-0.3, -0.25) is 9.59 Å². The highest BCUT2D eigenvalue weighted by molar-refractivity contribution is 7.17. The van der Waals surface area contributed by atoms with Crippen LogP contribution in [0.5, 0.6) is 0 Å². The van der Waals surface area contributed by atoms with Gasteiger partial charge >= 0.3 is 0 Å². The largest absolute Gasteiger partial charge is 0.365 e. The Bertz CT molecular complexity index is 846. The monoisotopic (exact) mass is 390 g/mol. The Kier molecular flexibility index (Phi) is 5.92. The van der Waals surface area contributed by atoms with E-state index in [1.165, 1.54) is 23.5 Å². The van der Waals surface area contributed by atoms with E-state index in [0.717, 1.165) is 35.3 Å². The number of carbonyl (C=O) groups is 2. The second-order valence-corrected chi connectivity index (χ2v) is 8.34. The van der Waals surface area contributed by atoms with E-state index in [-0.39, 0.29) is 30.2 Å². The summed E-state index contributed by atoms with van der Waals surface area (Å²) in [6, 6.07) is 6.42. The number of benzene rings is 1. The van der Waals surface area contributed by atoms with Crippen molar-refractivity contribution < 1.29 is 19.3 Å². The molecule has 2 amide bonds. The predicted molar refractivity (Wildman–Crippen MR) is 104 cm³/mol. The van der Waals surface area contributed by atoms with E-state index in [2.05, 4.69) is 19.2 Å². The molecular formula is C20H25FN3O2S+. The number of fused-ring (bicyclic) bond motifs is 1. The summed E-state index contributed by atoms with van der Waals surface area (Å²) >= 11 is 1.46. The number of halogens is 1. The molecule has 27 heavy (non-hydrogen) atoms. The van der Waals surface area contributed by atoms with Crippen LogP contribution in [0.2, 0.25) is 0 Å². The lowest BCUT2D eigenvalue weighted by Crippen LogP contribution is -2.88. The van der Waals surface area contributed by atoms with E-state index >= 15 is 0 Å². The van der Waals surface area contributed by atoms with Crippen LogP contribution in [0.25, 0.3) is 0 Å². The van der Waals surface area contributed by atoms with Crippen molar-refractivity contribution in [2.24, 2.45) is 11.7 Å². The highest BCUT2D eigenvalue weighted by Gasteiger charge is 2.27. The molecule has 0 aliphatic heterocycles. The van der Waals surface area contributed by atoms with Gasteiger partial charge in [0.1, 0.15) is 16.9 Å². The molecule has 5 nitrogen and oxygen atoms in total. The Morgan fingerprint density at radius 3 is 2.59 bits per heavy atom. The van der Waals surface area contributed by atoms with Crippen molar-refractivity contribution in [1.29, 1.82) is 0 Å². The Morgan fingerprint density at radius 1 is 1.26 bits per heavy atom. The summed E-state index contributed by atoms with van der Waals surface area (Å²) in [4.78, 5) is 25.5. The number of anilines is 1. The van der Waals surface area contributed by atoms with Crippen LogP contribution in [0.15, 0.2) is 24.3 Å². The maximum absolute atomic E-state index is 13.2. The van der Waals surface area contributed by atoms with Crippen molar-refractivity contribution in [2.45, 2.75) is 39.2 Å². The zero-order valence-corrected chi connectivity index (χ0v) is 16.4. The second kappa shape index (κ2) is 8.19. The van der Waals surface area contributed by atoms with Gasteiger partial charge in [0.2, 0.25) is 0 Å². The number of carbonyl (C=O) groups excluding carboxylic acids is 2. The molecule has 0 saturated carbocycles. The van der Waals surface area contributed by atoms with Crippen molar-refractivity contribution in [1.82, 2.24) is 0 Å². The molecule has 7 heteroatoms. The Balaban J connectivity index is 1.67. The third-order valence-corrected chi connectivity index (χ3v) is 6.16. The van der Waals surface area contributed by atoms with E-state index in [1.54, 1.807) is 12.1 Å². The van der Waals surface area contributed by atoms with E-state index in [1.807, 2.05) is 5.32 Å². The van der Waals surface area contributed by atoms with Gasteiger partial charge in [0, 0.05) is 16.4 Å². The number of nitrogens with two attached hydrogens (primary N) is 2. The zero-order valence-electron chi connectivity index (χ0n) is 15.5. The quantitative estimate of drug-likeness (QED) is 0.678. The van der Waals surface area contributed by atoms with Crippen molar-refractivity contribution in [3.05, 3.63) is 51.7 Å². The fraction of sp³-hybridized carbons (Fsp3) is 0.400. The Hall–Kier alpha value is -2.25. The lowest BCUT2D eigenvalue weighted by Gasteiger charge is -2.19. The lowest BCUT2D eigenvalue weighted by molar-refractivity contribution is -0.692. The zero-order chi connectivity index (χ0) is 19.6. The standard InChI is InChI=1S/C20H24FN3O2S/c1-11(2)18(12-6-8-13(21)9-7-12)23-10-16(25)24-20-17(19(22)26)14-4-3-5-15(14)27-20/h6-9,11,18,23H,3-5,10H2,1-2H3,(H2,22,26)(H,24,25)/p+1/t18-/m1/s1. The number of thiophene rings is 1. The van der Waals surface area contributed by atoms with Crippen molar-refractivity contribution in [2.75, 3.05) is 11.9 Å². The summed E-state index contributed by atoms with van der Waals surface area (Å²) in [5.74, 6) is -0.663. The maximum atomic E-state index is 13.2. The highest BCUT2D eigenvalue weighted by atomic mass is 32.1. The Labute approximate surface area is 162 Å². The van der Waals surface area contributed by atoms with Crippen LogP contribution in [0.1, 0.15) is 52.7 Å². The third-order valence-electron chi connectivity index (χ3n) is 4.95. The average Bonchev–Trinajstić information content (AvgIpc) is 3.16. The molecule has 5 N–H and O–H groups in total. The van der Waals surface area contributed by atoms with Gasteiger partial charge in [-0.25, -0.2) is 4.39 Å². The molecule has 0 radical (unpaired) electrons. The lowest BCUT2D eigenvalue weighted by atomic mass is 9.96. The number of hydrogen-bond acceptors (Lipinski definition) is 3. The third kappa shape index (κ3) is 4.36. The highest BCUT2D eigenvalue weighted by Crippen LogP contribution is 2.38. The van der Waals surface area contributed by atoms with Crippen molar-refractivity contribution in [3.63, 3.8) is 0 Å². The fourth-order valence-corrected chi connectivity index (χ4v) is 4.95. The number of aryl methyl sites for hydroxylation is 1. The first-order chi connectivity index (χ1) is 12.9. The smallest absolute Gasteiger partial charge is 0.280 e. The van der Waals surface area contributed by atoms with Crippen LogP contribution >= 0.6 is 11.3 Å². The van der Waals surface area contributed by atoms with Gasteiger partial charge in [0.25, 0.3) is 11.8 Å². The fourth-order valence-electron chi connectivity index (χ4n) is 3.64. The van der Waals surface area contributed by atoms with Crippen LogP contribution in [0, 0.1) is 11.7 Å². The van der Waals surface area contributed by atoms with Crippen molar-refractivity contribution >= 4 is 28.2 Å².